The van der Waals surface area contributed by atoms with E-state index in [1.54, 1.807) is 16.3 Å². The summed E-state index contributed by atoms with van der Waals surface area (Å²) in [7, 11) is 0. The molecular formula is C23H29N3O2S. The summed E-state index contributed by atoms with van der Waals surface area (Å²) in [4.78, 5) is 20.5. The van der Waals surface area contributed by atoms with Gasteiger partial charge in [0, 0.05) is 31.9 Å². The minimum Gasteiger partial charge on any atom is -0.375 e. The monoisotopic (exact) mass is 411 g/mol. The Labute approximate surface area is 176 Å². The lowest BCUT2D eigenvalue weighted by Gasteiger charge is -2.33. The Bertz CT molecular complexity index is 1060. The highest BCUT2D eigenvalue weighted by atomic mass is 32.2. The summed E-state index contributed by atoms with van der Waals surface area (Å²) in [6.07, 6.45) is 0.169. The SMILES string of the molecule is CCn1c(SC[C@@H]2CN(CC(C)C)CCO2)nc2cc3ccccc3cc2c1=O. The summed E-state index contributed by atoms with van der Waals surface area (Å²) >= 11 is 1.63. The molecule has 2 heterocycles. The first-order chi connectivity index (χ1) is 14.0. The van der Waals surface area contributed by atoms with Crippen LogP contribution in [0.15, 0.2) is 46.3 Å². The standard InChI is InChI=1S/C23H29N3O2S/c1-4-26-22(27)20-11-17-7-5-6-8-18(17)12-21(20)24-23(26)29-15-19-14-25(9-10-28-19)13-16(2)3/h5-8,11-12,16,19H,4,9-10,13-15H2,1-3H3/t19-/m0/s1. The molecule has 29 heavy (non-hydrogen) atoms. The first kappa shape index (κ1) is 20.4. The number of benzene rings is 2. The van der Waals surface area contributed by atoms with E-state index in [0.29, 0.717) is 17.8 Å². The molecule has 0 amide bonds. The fourth-order valence-corrected chi connectivity index (χ4v) is 5.08. The molecule has 5 nitrogen and oxygen atoms in total. The maximum atomic E-state index is 13.1. The number of hydrogen-bond acceptors (Lipinski definition) is 5. The molecule has 1 atom stereocenters. The van der Waals surface area contributed by atoms with E-state index in [-0.39, 0.29) is 11.7 Å². The molecule has 1 fully saturated rings. The summed E-state index contributed by atoms with van der Waals surface area (Å²) in [5, 5.41) is 3.65. The molecule has 0 N–H and O–H groups in total. The van der Waals surface area contributed by atoms with Crippen molar-refractivity contribution in [2.24, 2.45) is 5.92 Å². The molecule has 0 radical (unpaired) electrons. The smallest absolute Gasteiger partial charge is 0.262 e. The zero-order chi connectivity index (χ0) is 20.4. The molecule has 0 bridgehead atoms. The quantitative estimate of drug-likeness (QED) is 0.348. The van der Waals surface area contributed by atoms with E-state index in [2.05, 4.69) is 24.8 Å². The Morgan fingerprint density at radius 1 is 1.24 bits per heavy atom. The fourth-order valence-electron chi connectivity index (χ4n) is 4.01. The first-order valence-corrected chi connectivity index (χ1v) is 11.4. The molecule has 1 aliphatic heterocycles. The van der Waals surface area contributed by atoms with Gasteiger partial charge in [-0.15, -0.1) is 0 Å². The summed E-state index contributed by atoms with van der Waals surface area (Å²) < 4.78 is 7.77. The van der Waals surface area contributed by atoms with Crippen LogP contribution in [0.2, 0.25) is 0 Å². The van der Waals surface area contributed by atoms with Crippen molar-refractivity contribution in [2.75, 3.05) is 32.0 Å². The second-order valence-electron chi connectivity index (χ2n) is 8.12. The van der Waals surface area contributed by atoms with Crippen LogP contribution in [0.25, 0.3) is 21.7 Å². The van der Waals surface area contributed by atoms with E-state index in [4.69, 9.17) is 9.72 Å². The van der Waals surface area contributed by atoms with Crippen molar-refractivity contribution >= 4 is 33.4 Å². The minimum absolute atomic E-state index is 0.0387. The van der Waals surface area contributed by atoms with Gasteiger partial charge in [0.15, 0.2) is 5.16 Å². The molecule has 6 heteroatoms. The van der Waals surface area contributed by atoms with Crippen molar-refractivity contribution < 1.29 is 4.74 Å². The van der Waals surface area contributed by atoms with E-state index in [0.717, 1.165) is 53.4 Å². The number of hydrogen-bond donors (Lipinski definition) is 0. The van der Waals surface area contributed by atoms with Gasteiger partial charge in [-0.3, -0.25) is 14.3 Å². The first-order valence-electron chi connectivity index (χ1n) is 10.4. The van der Waals surface area contributed by atoms with Gasteiger partial charge in [0.05, 0.1) is 23.6 Å². The Morgan fingerprint density at radius 2 is 2.00 bits per heavy atom. The lowest BCUT2D eigenvalue weighted by atomic mass is 10.1. The maximum absolute atomic E-state index is 13.1. The van der Waals surface area contributed by atoms with Crippen LogP contribution in [0, 0.1) is 5.92 Å². The molecule has 3 aromatic rings. The van der Waals surface area contributed by atoms with Gasteiger partial charge in [-0.25, -0.2) is 4.98 Å². The van der Waals surface area contributed by atoms with E-state index >= 15 is 0 Å². The summed E-state index contributed by atoms with van der Waals surface area (Å²) in [5.74, 6) is 1.46. The molecule has 2 aromatic carbocycles. The highest BCUT2D eigenvalue weighted by Gasteiger charge is 2.22. The van der Waals surface area contributed by atoms with Gasteiger partial charge in [0.1, 0.15) is 0 Å². The van der Waals surface area contributed by atoms with E-state index < -0.39 is 0 Å². The lowest BCUT2D eigenvalue weighted by Crippen LogP contribution is -2.44. The third-order valence-electron chi connectivity index (χ3n) is 5.35. The molecular weight excluding hydrogens is 382 g/mol. The molecule has 0 aliphatic carbocycles. The minimum atomic E-state index is 0.0387. The maximum Gasteiger partial charge on any atom is 0.262 e. The van der Waals surface area contributed by atoms with Gasteiger partial charge in [0.25, 0.3) is 5.56 Å². The van der Waals surface area contributed by atoms with Gasteiger partial charge < -0.3 is 4.74 Å². The van der Waals surface area contributed by atoms with Crippen LogP contribution < -0.4 is 5.56 Å². The van der Waals surface area contributed by atoms with Gasteiger partial charge in [0.2, 0.25) is 0 Å². The van der Waals surface area contributed by atoms with Crippen LogP contribution in [0.4, 0.5) is 0 Å². The number of aromatic nitrogens is 2. The van der Waals surface area contributed by atoms with Crippen molar-refractivity contribution in [3.05, 3.63) is 46.8 Å². The number of thioether (sulfide) groups is 1. The van der Waals surface area contributed by atoms with Crippen LogP contribution in [-0.2, 0) is 11.3 Å². The van der Waals surface area contributed by atoms with Crippen molar-refractivity contribution in [3.63, 3.8) is 0 Å². The van der Waals surface area contributed by atoms with Gasteiger partial charge in [-0.05, 0) is 35.7 Å². The molecule has 0 unspecified atom stereocenters. The van der Waals surface area contributed by atoms with Crippen molar-refractivity contribution in [1.82, 2.24) is 14.5 Å². The van der Waals surface area contributed by atoms with Crippen LogP contribution >= 0.6 is 11.8 Å². The normalized spacial score (nSPS) is 18.1. The Hall–Kier alpha value is -1.89. The fraction of sp³-hybridized carbons (Fsp3) is 0.478. The predicted molar refractivity (Wildman–Crippen MR) is 121 cm³/mol. The van der Waals surface area contributed by atoms with E-state index in [1.165, 1.54) is 0 Å². The van der Waals surface area contributed by atoms with E-state index in [1.807, 2.05) is 37.3 Å². The van der Waals surface area contributed by atoms with Crippen LogP contribution in [0.1, 0.15) is 20.8 Å². The molecule has 1 aromatic heterocycles. The molecule has 0 saturated carbocycles. The van der Waals surface area contributed by atoms with Gasteiger partial charge >= 0.3 is 0 Å². The molecule has 1 saturated heterocycles. The van der Waals surface area contributed by atoms with Crippen molar-refractivity contribution in [1.29, 1.82) is 0 Å². The predicted octanol–water partition coefficient (Wildman–Crippen LogP) is 4.02. The van der Waals surface area contributed by atoms with Crippen LogP contribution in [0.5, 0.6) is 0 Å². The van der Waals surface area contributed by atoms with E-state index in [9.17, 15) is 4.79 Å². The van der Waals surface area contributed by atoms with Crippen LogP contribution in [0.3, 0.4) is 0 Å². The Balaban J connectivity index is 1.59. The highest BCUT2D eigenvalue weighted by Crippen LogP contribution is 2.24. The topological polar surface area (TPSA) is 47.4 Å². The van der Waals surface area contributed by atoms with Crippen molar-refractivity contribution in [2.45, 2.75) is 38.6 Å². The number of fused-ring (bicyclic) bond motifs is 2. The number of rotatable bonds is 6. The van der Waals surface area contributed by atoms with Crippen molar-refractivity contribution in [3.8, 4) is 0 Å². The number of nitrogens with zero attached hydrogens (tertiary/aromatic N) is 3. The summed E-state index contributed by atoms with van der Waals surface area (Å²) in [6, 6.07) is 12.1. The molecule has 1 aliphatic rings. The third-order valence-corrected chi connectivity index (χ3v) is 6.46. The Morgan fingerprint density at radius 3 is 2.72 bits per heavy atom. The van der Waals surface area contributed by atoms with Gasteiger partial charge in [-0.1, -0.05) is 49.9 Å². The summed E-state index contributed by atoms with van der Waals surface area (Å²) in [6.45, 7) is 10.9. The zero-order valence-electron chi connectivity index (χ0n) is 17.4. The second-order valence-corrected chi connectivity index (χ2v) is 9.10. The molecule has 154 valence electrons. The number of morpholine rings is 1. The van der Waals surface area contributed by atoms with Crippen LogP contribution in [-0.4, -0.2) is 52.5 Å². The molecule has 4 rings (SSSR count). The molecule has 0 spiro atoms. The second kappa shape index (κ2) is 8.86. The largest absolute Gasteiger partial charge is 0.375 e. The van der Waals surface area contributed by atoms with Gasteiger partial charge in [-0.2, -0.15) is 0 Å². The lowest BCUT2D eigenvalue weighted by molar-refractivity contribution is -0.0191. The average molecular weight is 412 g/mol. The number of ether oxygens (including phenoxy) is 1. The third kappa shape index (κ3) is 4.49. The summed E-state index contributed by atoms with van der Waals surface area (Å²) in [5.41, 5.74) is 0.809. The Kier molecular flexibility index (Phi) is 6.23. The highest BCUT2D eigenvalue weighted by molar-refractivity contribution is 7.99. The average Bonchev–Trinajstić information content (AvgIpc) is 2.71. The zero-order valence-corrected chi connectivity index (χ0v) is 18.2.